The molecule has 1 aromatic heterocycles. The van der Waals surface area contributed by atoms with Crippen molar-refractivity contribution in [2.75, 3.05) is 7.05 Å². The fourth-order valence-electron chi connectivity index (χ4n) is 2.67. The van der Waals surface area contributed by atoms with Gasteiger partial charge in [0.25, 0.3) is 5.91 Å². The van der Waals surface area contributed by atoms with Crippen molar-refractivity contribution in [1.82, 2.24) is 9.88 Å². The van der Waals surface area contributed by atoms with Crippen LogP contribution in [-0.4, -0.2) is 22.8 Å². The topological polar surface area (TPSA) is 33.2 Å². The fraction of sp³-hybridized carbons (Fsp3) is 0.200. The molecule has 0 N–H and O–H groups in total. The number of pyridine rings is 1. The summed E-state index contributed by atoms with van der Waals surface area (Å²) < 4.78 is 0. The maximum atomic E-state index is 12.2. The van der Waals surface area contributed by atoms with Gasteiger partial charge in [0.2, 0.25) is 0 Å². The Labute approximate surface area is 106 Å². The standard InChI is InChI=1S/C15H14N2O/c1-10-4-3-5-12-13(10)14(17(2)15(12)18)11-6-8-16-9-7-11/h3-9,14H,1-2H3. The number of aromatic nitrogens is 1. The molecular formula is C15H14N2O. The number of carbonyl (C=O) groups is 1. The lowest BCUT2D eigenvalue weighted by Crippen LogP contribution is -2.23. The first-order chi connectivity index (χ1) is 8.70. The number of rotatable bonds is 1. The molecule has 0 spiro atoms. The number of fused-ring (bicyclic) bond motifs is 1. The summed E-state index contributed by atoms with van der Waals surface area (Å²) in [4.78, 5) is 18.1. The van der Waals surface area contributed by atoms with E-state index in [1.54, 1.807) is 17.3 Å². The summed E-state index contributed by atoms with van der Waals surface area (Å²) in [7, 11) is 1.85. The zero-order valence-corrected chi connectivity index (χ0v) is 10.4. The van der Waals surface area contributed by atoms with Gasteiger partial charge in [-0.3, -0.25) is 9.78 Å². The van der Waals surface area contributed by atoms with Gasteiger partial charge in [0.15, 0.2) is 0 Å². The van der Waals surface area contributed by atoms with Crippen LogP contribution >= 0.6 is 0 Å². The van der Waals surface area contributed by atoms with Gasteiger partial charge in [-0.05, 0) is 41.8 Å². The molecule has 0 radical (unpaired) electrons. The van der Waals surface area contributed by atoms with Crippen LogP contribution < -0.4 is 0 Å². The molecule has 0 saturated carbocycles. The van der Waals surface area contributed by atoms with Crippen molar-refractivity contribution in [1.29, 1.82) is 0 Å². The van der Waals surface area contributed by atoms with E-state index in [0.717, 1.165) is 22.3 Å². The Morgan fingerprint density at radius 2 is 1.89 bits per heavy atom. The van der Waals surface area contributed by atoms with Crippen molar-refractivity contribution in [3.8, 4) is 0 Å². The van der Waals surface area contributed by atoms with E-state index in [2.05, 4.69) is 18.0 Å². The van der Waals surface area contributed by atoms with Gasteiger partial charge < -0.3 is 4.90 Å². The summed E-state index contributed by atoms with van der Waals surface area (Å²) in [6, 6.07) is 9.85. The Hall–Kier alpha value is -2.16. The molecule has 3 rings (SSSR count). The van der Waals surface area contributed by atoms with Gasteiger partial charge in [-0.2, -0.15) is 0 Å². The summed E-state index contributed by atoms with van der Waals surface area (Å²) in [6.07, 6.45) is 3.54. The van der Waals surface area contributed by atoms with Crippen LogP contribution in [0.15, 0.2) is 42.7 Å². The van der Waals surface area contributed by atoms with Crippen molar-refractivity contribution in [2.24, 2.45) is 0 Å². The smallest absolute Gasteiger partial charge is 0.254 e. The van der Waals surface area contributed by atoms with Crippen LogP contribution in [0.4, 0.5) is 0 Å². The fourth-order valence-corrected chi connectivity index (χ4v) is 2.67. The van der Waals surface area contributed by atoms with E-state index in [9.17, 15) is 4.79 Å². The second kappa shape index (κ2) is 3.95. The monoisotopic (exact) mass is 238 g/mol. The van der Waals surface area contributed by atoms with E-state index in [0.29, 0.717) is 0 Å². The Kier molecular flexibility index (Phi) is 2.40. The number of hydrogen-bond donors (Lipinski definition) is 0. The molecule has 1 atom stereocenters. The van der Waals surface area contributed by atoms with E-state index in [1.165, 1.54) is 0 Å². The van der Waals surface area contributed by atoms with E-state index in [4.69, 9.17) is 0 Å². The lowest BCUT2D eigenvalue weighted by atomic mass is 9.95. The van der Waals surface area contributed by atoms with E-state index < -0.39 is 0 Å². The largest absolute Gasteiger partial charge is 0.331 e. The molecule has 1 aromatic carbocycles. The molecular weight excluding hydrogens is 224 g/mol. The van der Waals surface area contributed by atoms with E-state index in [1.807, 2.05) is 31.3 Å². The minimum absolute atomic E-state index is 0.0108. The van der Waals surface area contributed by atoms with Gasteiger partial charge in [0.1, 0.15) is 0 Å². The Balaban J connectivity index is 2.22. The Bertz CT molecular complexity index is 607. The predicted octanol–water partition coefficient (Wildman–Crippen LogP) is 2.57. The zero-order chi connectivity index (χ0) is 12.7. The molecule has 1 unspecified atom stereocenters. The van der Waals surface area contributed by atoms with E-state index >= 15 is 0 Å². The summed E-state index contributed by atoms with van der Waals surface area (Å²) in [5.74, 6) is 0.0931. The molecule has 1 aliphatic rings. The lowest BCUT2D eigenvalue weighted by molar-refractivity contribution is 0.0793. The molecule has 0 saturated heterocycles. The van der Waals surface area contributed by atoms with Crippen LogP contribution in [0.25, 0.3) is 0 Å². The summed E-state index contributed by atoms with van der Waals surface area (Å²) in [5.41, 5.74) is 4.21. The minimum atomic E-state index is 0.0108. The number of amides is 1. The first-order valence-corrected chi connectivity index (χ1v) is 5.96. The van der Waals surface area contributed by atoms with Gasteiger partial charge >= 0.3 is 0 Å². The number of nitrogens with zero attached hydrogens (tertiary/aromatic N) is 2. The minimum Gasteiger partial charge on any atom is -0.331 e. The van der Waals surface area contributed by atoms with Gasteiger partial charge in [0.05, 0.1) is 6.04 Å². The van der Waals surface area contributed by atoms with E-state index in [-0.39, 0.29) is 11.9 Å². The lowest BCUT2D eigenvalue weighted by Gasteiger charge is -2.21. The molecule has 2 heterocycles. The molecule has 3 nitrogen and oxygen atoms in total. The van der Waals surface area contributed by atoms with Crippen molar-refractivity contribution in [3.63, 3.8) is 0 Å². The third-order valence-corrected chi connectivity index (χ3v) is 3.56. The quantitative estimate of drug-likeness (QED) is 0.765. The average Bonchev–Trinajstić information content (AvgIpc) is 2.65. The van der Waals surface area contributed by atoms with Crippen molar-refractivity contribution >= 4 is 5.91 Å². The van der Waals surface area contributed by atoms with Crippen LogP contribution in [0.2, 0.25) is 0 Å². The Morgan fingerprint density at radius 3 is 2.61 bits per heavy atom. The molecule has 3 heteroatoms. The molecule has 2 aromatic rings. The number of carbonyl (C=O) groups excluding carboxylic acids is 1. The van der Waals surface area contributed by atoms with Crippen molar-refractivity contribution < 1.29 is 4.79 Å². The normalized spacial score (nSPS) is 18.0. The molecule has 0 aliphatic carbocycles. The van der Waals surface area contributed by atoms with Crippen LogP contribution in [0, 0.1) is 6.92 Å². The SMILES string of the molecule is Cc1cccc2c1C(c1ccncc1)N(C)C2=O. The number of aryl methyl sites for hydroxylation is 1. The highest BCUT2D eigenvalue weighted by molar-refractivity contribution is 6.00. The summed E-state index contributed by atoms with van der Waals surface area (Å²) >= 11 is 0. The molecule has 1 aliphatic heterocycles. The van der Waals surface area contributed by atoms with Crippen LogP contribution in [0.1, 0.15) is 33.1 Å². The Morgan fingerprint density at radius 1 is 1.17 bits per heavy atom. The van der Waals surface area contributed by atoms with Gasteiger partial charge in [-0.1, -0.05) is 12.1 Å². The average molecular weight is 238 g/mol. The highest BCUT2D eigenvalue weighted by Gasteiger charge is 2.35. The summed E-state index contributed by atoms with van der Waals surface area (Å²) in [6.45, 7) is 2.06. The zero-order valence-electron chi connectivity index (χ0n) is 10.4. The second-order valence-electron chi connectivity index (χ2n) is 4.64. The maximum absolute atomic E-state index is 12.2. The third-order valence-electron chi connectivity index (χ3n) is 3.56. The molecule has 1 amide bonds. The van der Waals surface area contributed by atoms with Gasteiger partial charge in [-0.15, -0.1) is 0 Å². The molecule has 90 valence electrons. The molecule has 0 fully saturated rings. The maximum Gasteiger partial charge on any atom is 0.254 e. The van der Waals surface area contributed by atoms with Crippen molar-refractivity contribution in [2.45, 2.75) is 13.0 Å². The number of hydrogen-bond acceptors (Lipinski definition) is 2. The third kappa shape index (κ3) is 1.44. The first-order valence-electron chi connectivity index (χ1n) is 5.96. The highest BCUT2D eigenvalue weighted by Crippen LogP contribution is 2.38. The van der Waals surface area contributed by atoms with Crippen LogP contribution in [0.5, 0.6) is 0 Å². The van der Waals surface area contributed by atoms with Crippen LogP contribution in [-0.2, 0) is 0 Å². The first kappa shape index (κ1) is 11.0. The second-order valence-corrected chi connectivity index (χ2v) is 4.64. The highest BCUT2D eigenvalue weighted by atomic mass is 16.2. The van der Waals surface area contributed by atoms with Crippen molar-refractivity contribution in [3.05, 3.63) is 65.0 Å². The van der Waals surface area contributed by atoms with Gasteiger partial charge in [-0.25, -0.2) is 0 Å². The predicted molar refractivity (Wildman–Crippen MR) is 69.4 cm³/mol. The van der Waals surface area contributed by atoms with Crippen LogP contribution in [0.3, 0.4) is 0 Å². The molecule has 0 bridgehead atoms. The van der Waals surface area contributed by atoms with Gasteiger partial charge in [0, 0.05) is 25.0 Å². The summed E-state index contributed by atoms with van der Waals surface area (Å²) in [5, 5.41) is 0. The molecule has 18 heavy (non-hydrogen) atoms. The number of benzene rings is 1.